The third-order valence-electron chi connectivity index (χ3n) is 1.82. The number of benzene rings is 1. The Balaban J connectivity index is 2.92. The van der Waals surface area contributed by atoms with Crippen LogP contribution in [0, 0.1) is 0 Å². The van der Waals surface area contributed by atoms with E-state index in [2.05, 4.69) is 10.5 Å². The van der Waals surface area contributed by atoms with Crippen LogP contribution in [0.3, 0.4) is 0 Å². The summed E-state index contributed by atoms with van der Waals surface area (Å²) >= 11 is 0. The van der Waals surface area contributed by atoms with Gasteiger partial charge in [-0.15, -0.1) is 0 Å². The lowest BCUT2D eigenvalue weighted by atomic mass is 10.1. The summed E-state index contributed by atoms with van der Waals surface area (Å²) in [5, 5.41) is 13.4. The molecule has 0 bridgehead atoms. The fourth-order valence-electron chi connectivity index (χ4n) is 1.16. The third kappa shape index (κ3) is 3.13. The van der Waals surface area contributed by atoms with Crippen LogP contribution >= 0.6 is 0 Å². The molecule has 0 spiro atoms. The first-order chi connectivity index (χ1) is 7.65. The predicted octanol–water partition coefficient (Wildman–Crippen LogP) is 1.43. The maximum absolute atomic E-state index is 10.4. The van der Waals surface area contributed by atoms with E-state index in [0.29, 0.717) is 11.1 Å². The van der Waals surface area contributed by atoms with Crippen LogP contribution in [0.1, 0.15) is 18.1 Å². The van der Waals surface area contributed by atoms with Crippen molar-refractivity contribution in [3.05, 3.63) is 35.4 Å². The number of phenolic OH excluding ortho intramolecular Hbond substituents is 1. The third-order valence-corrected chi connectivity index (χ3v) is 1.82. The number of carbonyl (C=O) groups excluding carboxylic acids is 1. The lowest BCUT2D eigenvalue weighted by Gasteiger charge is -2.02. The lowest BCUT2D eigenvalue weighted by Crippen LogP contribution is -2.24. The van der Waals surface area contributed by atoms with Gasteiger partial charge in [0.1, 0.15) is 5.75 Å². The summed E-state index contributed by atoms with van der Waals surface area (Å²) in [7, 11) is 0. The summed E-state index contributed by atoms with van der Waals surface area (Å²) in [5.74, 6) is 0.107. The second-order valence-corrected chi connectivity index (χ2v) is 3.02. The van der Waals surface area contributed by atoms with Crippen molar-refractivity contribution in [3.63, 3.8) is 0 Å². The molecule has 5 nitrogen and oxygen atoms in total. The van der Waals surface area contributed by atoms with Gasteiger partial charge in [-0.1, -0.05) is 24.3 Å². The van der Waals surface area contributed by atoms with Gasteiger partial charge in [-0.25, -0.2) is 10.2 Å². The number of hydrogen-bond acceptors (Lipinski definition) is 3. The van der Waals surface area contributed by atoms with E-state index in [9.17, 15) is 9.90 Å². The minimum atomic E-state index is -0.750. The molecule has 84 valence electrons. The molecule has 1 aromatic carbocycles. The quantitative estimate of drug-likeness (QED) is 0.530. The number of urea groups is 1. The van der Waals surface area contributed by atoms with Crippen molar-refractivity contribution in [2.45, 2.75) is 6.92 Å². The standard InChI is InChI=1S/C11H13N3O2/c1-2-4-8-5-3-6-9(10(8)15)7-13-14-11(12)16/h2-7,15H,1H3,(H3,12,14,16). The zero-order valence-corrected chi connectivity index (χ0v) is 8.84. The van der Waals surface area contributed by atoms with Gasteiger partial charge in [0.2, 0.25) is 0 Å². The first kappa shape index (κ1) is 11.8. The van der Waals surface area contributed by atoms with Gasteiger partial charge in [0.25, 0.3) is 0 Å². The molecule has 0 saturated carbocycles. The molecule has 0 aromatic heterocycles. The average Bonchev–Trinajstić information content (AvgIpc) is 2.23. The summed E-state index contributed by atoms with van der Waals surface area (Å²) in [4.78, 5) is 10.4. The number of rotatable bonds is 3. The van der Waals surface area contributed by atoms with Crippen LogP contribution in [0.15, 0.2) is 29.4 Å². The van der Waals surface area contributed by atoms with Crippen LogP contribution in [0.2, 0.25) is 0 Å². The van der Waals surface area contributed by atoms with Crippen molar-refractivity contribution in [2.24, 2.45) is 10.8 Å². The number of phenols is 1. The van der Waals surface area contributed by atoms with Crippen molar-refractivity contribution < 1.29 is 9.90 Å². The van der Waals surface area contributed by atoms with Gasteiger partial charge < -0.3 is 10.8 Å². The Morgan fingerprint density at radius 3 is 2.81 bits per heavy atom. The number of aromatic hydroxyl groups is 1. The van der Waals surface area contributed by atoms with E-state index in [1.807, 2.05) is 13.0 Å². The van der Waals surface area contributed by atoms with Crippen LogP contribution in [0.5, 0.6) is 5.75 Å². The summed E-state index contributed by atoms with van der Waals surface area (Å²) in [6, 6.07) is 4.48. The molecule has 0 unspecified atom stereocenters. The number of nitrogens with two attached hydrogens (primary N) is 1. The topological polar surface area (TPSA) is 87.7 Å². The summed E-state index contributed by atoms with van der Waals surface area (Å²) in [6.07, 6.45) is 4.92. The number of hydrazone groups is 1. The van der Waals surface area contributed by atoms with Gasteiger partial charge in [0.15, 0.2) is 0 Å². The van der Waals surface area contributed by atoms with Crippen molar-refractivity contribution in [1.29, 1.82) is 0 Å². The zero-order valence-electron chi connectivity index (χ0n) is 8.84. The Labute approximate surface area is 93.3 Å². The molecule has 1 aromatic rings. The maximum Gasteiger partial charge on any atom is 0.332 e. The Morgan fingerprint density at radius 1 is 1.50 bits per heavy atom. The van der Waals surface area contributed by atoms with E-state index < -0.39 is 6.03 Å². The molecule has 1 rings (SSSR count). The van der Waals surface area contributed by atoms with E-state index in [-0.39, 0.29) is 5.75 Å². The largest absolute Gasteiger partial charge is 0.507 e. The highest BCUT2D eigenvalue weighted by atomic mass is 16.3. The second-order valence-electron chi connectivity index (χ2n) is 3.02. The molecule has 16 heavy (non-hydrogen) atoms. The normalized spacial score (nSPS) is 11.1. The molecule has 0 saturated heterocycles. The summed E-state index contributed by atoms with van der Waals surface area (Å²) < 4.78 is 0. The van der Waals surface area contributed by atoms with Crippen LogP contribution in [0.4, 0.5) is 4.79 Å². The van der Waals surface area contributed by atoms with Crippen molar-refractivity contribution in [2.75, 3.05) is 0 Å². The molecule has 0 atom stereocenters. The number of nitrogens with one attached hydrogen (secondary N) is 1. The van der Waals surface area contributed by atoms with Gasteiger partial charge in [0.05, 0.1) is 6.21 Å². The van der Waals surface area contributed by atoms with Crippen molar-refractivity contribution in [1.82, 2.24) is 5.43 Å². The first-order valence-corrected chi connectivity index (χ1v) is 4.68. The predicted molar refractivity (Wildman–Crippen MR) is 63.1 cm³/mol. The highest BCUT2D eigenvalue weighted by Crippen LogP contribution is 2.21. The molecule has 4 N–H and O–H groups in total. The Kier molecular flexibility index (Phi) is 4.08. The van der Waals surface area contributed by atoms with E-state index >= 15 is 0 Å². The van der Waals surface area contributed by atoms with E-state index in [1.165, 1.54) is 6.21 Å². The van der Waals surface area contributed by atoms with E-state index in [4.69, 9.17) is 5.73 Å². The summed E-state index contributed by atoms with van der Waals surface area (Å²) in [6.45, 7) is 1.86. The zero-order chi connectivity index (χ0) is 12.0. The van der Waals surface area contributed by atoms with Crippen LogP contribution in [0.25, 0.3) is 6.08 Å². The van der Waals surface area contributed by atoms with Crippen LogP contribution in [-0.2, 0) is 0 Å². The Bertz CT molecular complexity index is 439. The smallest absolute Gasteiger partial charge is 0.332 e. The highest BCUT2D eigenvalue weighted by molar-refractivity contribution is 5.86. The van der Waals surface area contributed by atoms with Crippen LogP contribution in [-0.4, -0.2) is 17.4 Å². The Morgan fingerprint density at radius 2 is 2.19 bits per heavy atom. The molecule has 0 aliphatic rings. The fourth-order valence-corrected chi connectivity index (χ4v) is 1.16. The number of allylic oxidation sites excluding steroid dienone is 1. The Hall–Kier alpha value is -2.30. The number of amides is 2. The van der Waals surface area contributed by atoms with E-state index in [1.54, 1.807) is 24.3 Å². The van der Waals surface area contributed by atoms with E-state index in [0.717, 1.165) is 0 Å². The minimum absolute atomic E-state index is 0.107. The van der Waals surface area contributed by atoms with Gasteiger partial charge in [-0.2, -0.15) is 5.10 Å². The number of carbonyl (C=O) groups is 1. The molecule has 0 heterocycles. The molecular formula is C11H13N3O2. The minimum Gasteiger partial charge on any atom is -0.507 e. The van der Waals surface area contributed by atoms with Crippen molar-refractivity contribution >= 4 is 18.3 Å². The van der Waals surface area contributed by atoms with Gasteiger partial charge in [0, 0.05) is 11.1 Å². The molecule has 0 radical (unpaired) electrons. The SMILES string of the molecule is CC=Cc1cccc(C=NNC(N)=O)c1O. The molecule has 2 amide bonds. The summed E-state index contributed by atoms with van der Waals surface area (Å²) in [5.41, 5.74) is 8.08. The monoisotopic (exact) mass is 219 g/mol. The number of nitrogens with zero attached hydrogens (tertiary/aromatic N) is 1. The molecular weight excluding hydrogens is 206 g/mol. The maximum atomic E-state index is 10.4. The lowest BCUT2D eigenvalue weighted by molar-refractivity contribution is 0.249. The first-order valence-electron chi connectivity index (χ1n) is 4.68. The second kappa shape index (κ2) is 5.55. The number of primary amides is 1. The van der Waals surface area contributed by atoms with Gasteiger partial charge in [-0.3, -0.25) is 0 Å². The van der Waals surface area contributed by atoms with Gasteiger partial charge in [-0.05, 0) is 13.0 Å². The molecule has 0 fully saturated rings. The van der Waals surface area contributed by atoms with Crippen LogP contribution < -0.4 is 11.2 Å². The molecule has 0 aliphatic heterocycles. The fraction of sp³-hybridized carbons (Fsp3) is 0.0909. The van der Waals surface area contributed by atoms with Crippen molar-refractivity contribution in [3.8, 4) is 5.75 Å². The highest BCUT2D eigenvalue weighted by Gasteiger charge is 2.01. The van der Waals surface area contributed by atoms with Gasteiger partial charge >= 0.3 is 6.03 Å². The number of para-hydroxylation sites is 1. The number of hydrogen-bond donors (Lipinski definition) is 3. The molecule has 0 aliphatic carbocycles. The average molecular weight is 219 g/mol. The molecule has 5 heteroatoms.